The molecule has 3 aromatic heterocycles. The molecular formula is C31H33F2N7O2. The van der Waals surface area contributed by atoms with Crippen molar-refractivity contribution in [2.24, 2.45) is 0 Å². The molecule has 0 unspecified atom stereocenters. The SMILES string of the molecule is C=C(C)c1cc(C)nc2c(F)cc(-c3nc(Nc4ccc(N5CCN(C(=O)OC(C)(C)C)CC5)cn4)ncc3F)cc12. The Kier molecular flexibility index (Phi) is 7.77. The number of piperazine rings is 1. The van der Waals surface area contributed by atoms with E-state index in [4.69, 9.17) is 4.74 Å². The fraction of sp³-hybridized carbons (Fsp3) is 0.323. The van der Waals surface area contributed by atoms with E-state index in [1.54, 1.807) is 30.2 Å². The van der Waals surface area contributed by atoms with Crippen molar-refractivity contribution in [1.82, 2.24) is 24.8 Å². The van der Waals surface area contributed by atoms with Crippen molar-refractivity contribution in [3.05, 3.63) is 72.2 Å². The lowest BCUT2D eigenvalue weighted by molar-refractivity contribution is 0.0240. The van der Waals surface area contributed by atoms with Crippen LogP contribution >= 0.6 is 0 Å². The lowest BCUT2D eigenvalue weighted by atomic mass is 9.99. The third kappa shape index (κ3) is 6.29. The lowest BCUT2D eigenvalue weighted by Gasteiger charge is -2.36. The van der Waals surface area contributed by atoms with Crippen LogP contribution in [0.5, 0.6) is 0 Å². The van der Waals surface area contributed by atoms with Crippen LogP contribution in [-0.2, 0) is 4.74 Å². The number of pyridine rings is 2. The van der Waals surface area contributed by atoms with Gasteiger partial charge in [0.15, 0.2) is 5.82 Å². The molecule has 1 amide bonds. The number of carbonyl (C=O) groups excluding carboxylic acids is 1. The average molecular weight is 574 g/mol. The Morgan fingerprint density at radius 1 is 1.00 bits per heavy atom. The van der Waals surface area contributed by atoms with E-state index in [1.807, 2.05) is 39.8 Å². The van der Waals surface area contributed by atoms with E-state index in [1.165, 1.54) is 6.07 Å². The van der Waals surface area contributed by atoms with Gasteiger partial charge in [0.1, 0.15) is 28.4 Å². The lowest BCUT2D eigenvalue weighted by Crippen LogP contribution is -2.50. The fourth-order valence-corrected chi connectivity index (χ4v) is 4.77. The molecule has 0 saturated carbocycles. The van der Waals surface area contributed by atoms with Gasteiger partial charge in [0, 0.05) is 42.8 Å². The summed E-state index contributed by atoms with van der Waals surface area (Å²) in [6.45, 7) is 15.5. The van der Waals surface area contributed by atoms with Crippen LogP contribution in [0.15, 0.2) is 49.3 Å². The summed E-state index contributed by atoms with van der Waals surface area (Å²) in [7, 11) is 0. The quantitative estimate of drug-likeness (QED) is 0.289. The van der Waals surface area contributed by atoms with Crippen molar-refractivity contribution in [2.75, 3.05) is 36.4 Å². The van der Waals surface area contributed by atoms with E-state index in [0.29, 0.717) is 43.1 Å². The van der Waals surface area contributed by atoms with Gasteiger partial charge in [0.05, 0.1) is 18.1 Å². The molecule has 4 aromatic rings. The molecule has 0 spiro atoms. The molecule has 1 aliphatic heterocycles. The highest BCUT2D eigenvalue weighted by Gasteiger charge is 2.26. The molecule has 0 atom stereocenters. The van der Waals surface area contributed by atoms with Gasteiger partial charge in [-0.3, -0.25) is 4.98 Å². The third-order valence-corrected chi connectivity index (χ3v) is 6.76. The zero-order valence-corrected chi connectivity index (χ0v) is 24.3. The smallest absolute Gasteiger partial charge is 0.410 e. The number of aryl methyl sites for hydroxylation is 1. The number of halogens is 2. The summed E-state index contributed by atoms with van der Waals surface area (Å²) in [5.41, 5.74) is 2.90. The van der Waals surface area contributed by atoms with E-state index in [-0.39, 0.29) is 28.8 Å². The molecule has 9 nitrogen and oxygen atoms in total. The molecule has 1 aromatic carbocycles. The molecule has 1 fully saturated rings. The Bertz CT molecular complexity index is 1660. The maximum atomic E-state index is 15.1. The topological polar surface area (TPSA) is 96.4 Å². The summed E-state index contributed by atoms with van der Waals surface area (Å²) >= 11 is 0. The van der Waals surface area contributed by atoms with Gasteiger partial charge in [-0.1, -0.05) is 12.2 Å². The molecule has 11 heteroatoms. The number of allylic oxidation sites excluding steroid dienone is 1. The van der Waals surface area contributed by atoms with Crippen LogP contribution in [0.2, 0.25) is 0 Å². The van der Waals surface area contributed by atoms with Crippen LogP contribution in [0.3, 0.4) is 0 Å². The predicted molar refractivity (Wildman–Crippen MR) is 160 cm³/mol. The second-order valence-corrected chi connectivity index (χ2v) is 11.3. The highest BCUT2D eigenvalue weighted by atomic mass is 19.1. The molecule has 1 aliphatic rings. The van der Waals surface area contributed by atoms with Crippen LogP contribution in [0.25, 0.3) is 27.7 Å². The van der Waals surface area contributed by atoms with Crippen LogP contribution in [0.4, 0.5) is 31.0 Å². The number of amides is 1. The summed E-state index contributed by atoms with van der Waals surface area (Å²) in [6, 6.07) is 8.38. The molecule has 42 heavy (non-hydrogen) atoms. The Labute approximate surface area is 243 Å². The summed E-state index contributed by atoms with van der Waals surface area (Å²) in [5, 5.41) is 3.52. The number of benzene rings is 1. The van der Waals surface area contributed by atoms with Crippen LogP contribution < -0.4 is 10.2 Å². The number of rotatable bonds is 5. The summed E-state index contributed by atoms with van der Waals surface area (Å²) in [5.74, 6) is -0.701. The number of nitrogens with one attached hydrogen (secondary N) is 1. The second-order valence-electron chi connectivity index (χ2n) is 11.3. The second kappa shape index (κ2) is 11.3. The summed E-state index contributed by atoms with van der Waals surface area (Å²) in [6.07, 6.45) is 2.44. The van der Waals surface area contributed by atoms with Crippen molar-refractivity contribution in [3.8, 4) is 11.3 Å². The first-order valence-corrected chi connectivity index (χ1v) is 13.6. The molecule has 5 rings (SSSR count). The molecule has 0 bridgehead atoms. The zero-order valence-electron chi connectivity index (χ0n) is 24.3. The van der Waals surface area contributed by atoms with E-state index in [9.17, 15) is 9.18 Å². The van der Waals surface area contributed by atoms with Crippen LogP contribution in [-0.4, -0.2) is 62.7 Å². The van der Waals surface area contributed by atoms with E-state index in [0.717, 1.165) is 23.0 Å². The predicted octanol–water partition coefficient (Wildman–Crippen LogP) is 6.51. The van der Waals surface area contributed by atoms with Gasteiger partial charge in [-0.05, 0) is 70.5 Å². The van der Waals surface area contributed by atoms with Crippen LogP contribution in [0, 0.1) is 18.6 Å². The highest BCUT2D eigenvalue weighted by molar-refractivity contribution is 5.94. The Hall–Kier alpha value is -4.67. The van der Waals surface area contributed by atoms with Gasteiger partial charge < -0.3 is 19.9 Å². The number of carbonyl (C=O) groups is 1. The molecule has 0 aliphatic carbocycles. The van der Waals surface area contributed by atoms with E-state index in [2.05, 4.69) is 36.7 Å². The minimum atomic E-state index is -0.690. The van der Waals surface area contributed by atoms with Gasteiger partial charge >= 0.3 is 6.09 Å². The van der Waals surface area contributed by atoms with E-state index < -0.39 is 17.2 Å². The average Bonchev–Trinajstić information content (AvgIpc) is 2.93. The Balaban J connectivity index is 1.32. The number of hydrogen-bond acceptors (Lipinski definition) is 8. The maximum absolute atomic E-state index is 15.1. The zero-order chi connectivity index (χ0) is 30.2. The molecule has 218 valence electrons. The van der Waals surface area contributed by atoms with Gasteiger partial charge in [0.2, 0.25) is 5.95 Å². The monoisotopic (exact) mass is 573 g/mol. The summed E-state index contributed by atoms with van der Waals surface area (Å²) < 4.78 is 35.5. The standard InChI is InChI=1S/C31H33F2N7O2/c1-18(2)22-13-19(3)36-28-23(22)14-20(15-24(28)32)27-25(33)17-35-29(38-27)37-26-8-7-21(16-34-26)39-9-11-40(12-10-39)30(41)42-31(4,5)6/h7-8,13-17H,1,9-12H2,2-6H3,(H,34,35,37,38). The molecule has 0 radical (unpaired) electrons. The Morgan fingerprint density at radius 2 is 1.74 bits per heavy atom. The van der Waals surface area contributed by atoms with Crippen molar-refractivity contribution in [1.29, 1.82) is 0 Å². The number of fused-ring (bicyclic) bond motifs is 1. The minimum Gasteiger partial charge on any atom is -0.444 e. The first-order valence-electron chi connectivity index (χ1n) is 13.6. The van der Waals surface area contributed by atoms with Crippen molar-refractivity contribution in [3.63, 3.8) is 0 Å². The number of aromatic nitrogens is 4. The first-order chi connectivity index (χ1) is 19.9. The third-order valence-electron chi connectivity index (χ3n) is 6.76. The number of nitrogens with zero attached hydrogens (tertiary/aromatic N) is 6. The largest absolute Gasteiger partial charge is 0.444 e. The molecule has 4 heterocycles. The number of anilines is 3. The van der Waals surface area contributed by atoms with Gasteiger partial charge in [-0.2, -0.15) is 0 Å². The Morgan fingerprint density at radius 3 is 2.38 bits per heavy atom. The highest BCUT2D eigenvalue weighted by Crippen LogP contribution is 2.32. The van der Waals surface area contributed by atoms with Crippen molar-refractivity contribution in [2.45, 2.75) is 40.2 Å². The maximum Gasteiger partial charge on any atom is 0.410 e. The van der Waals surface area contributed by atoms with Crippen LogP contribution in [0.1, 0.15) is 39.0 Å². The normalized spacial score (nSPS) is 13.8. The molecular weight excluding hydrogens is 540 g/mol. The molecule has 1 saturated heterocycles. The number of ether oxygens (including phenoxy) is 1. The first kappa shape index (κ1) is 28.8. The minimum absolute atomic E-state index is 0.0546. The van der Waals surface area contributed by atoms with Gasteiger partial charge in [-0.25, -0.2) is 28.5 Å². The van der Waals surface area contributed by atoms with Crippen molar-refractivity contribution >= 4 is 40.0 Å². The summed E-state index contributed by atoms with van der Waals surface area (Å²) in [4.78, 5) is 33.3. The van der Waals surface area contributed by atoms with Gasteiger partial charge in [-0.15, -0.1) is 0 Å². The van der Waals surface area contributed by atoms with Gasteiger partial charge in [0.25, 0.3) is 0 Å². The molecule has 1 N–H and O–H groups in total. The van der Waals surface area contributed by atoms with Crippen molar-refractivity contribution < 1.29 is 18.3 Å². The fourth-order valence-electron chi connectivity index (χ4n) is 4.77. The van der Waals surface area contributed by atoms with E-state index >= 15 is 4.39 Å². The number of hydrogen-bond donors (Lipinski definition) is 1.